The maximum atomic E-state index is 11.7. The van der Waals surface area contributed by atoms with Crippen LogP contribution in [0.1, 0.15) is 48.7 Å². The van der Waals surface area contributed by atoms with E-state index in [1.807, 2.05) is 0 Å². The summed E-state index contributed by atoms with van der Waals surface area (Å²) in [5.74, 6) is -0.411. The van der Waals surface area contributed by atoms with Gasteiger partial charge in [0.1, 0.15) is 6.10 Å². The summed E-state index contributed by atoms with van der Waals surface area (Å²) in [6.07, 6.45) is 5.54. The minimum Gasteiger partial charge on any atom is -0.462 e. The van der Waals surface area contributed by atoms with Gasteiger partial charge in [0, 0.05) is 12.2 Å². The van der Waals surface area contributed by atoms with E-state index >= 15 is 0 Å². The molecule has 20 heavy (non-hydrogen) atoms. The molecule has 6 nitrogen and oxygen atoms in total. The van der Waals surface area contributed by atoms with Crippen molar-refractivity contribution in [3.8, 4) is 6.01 Å². The topological polar surface area (TPSA) is 87.3 Å². The average molecular weight is 279 g/mol. The standard InChI is InChI=1S/C14H21N3O3/c1-3-19-13(18)10-8-16-14(17-9(10)2)20-12-7-5-4-6-11(12)15/h8,11-12H,3-7,15H2,1-2H3. The minimum atomic E-state index is -0.411. The largest absolute Gasteiger partial charge is 0.462 e. The van der Waals surface area contributed by atoms with Crippen LogP contribution in [0.4, 0.5) is 0 Å². The summed E-state index contributed by atoms with van der Waals surface area (Å²) in [4.78, 5) is 20.0. The molecule has 110 valence electrons. The zero-order chi connectivity index (χ0) is 14.5. The lowest BCUT2D eigenvalue weighted by Gasteiger charge is -2.28. The third-order valence-corrected chi connectivity index (χ3v) is 3.46. The number of ether oxygens (including phenoxy) is 2. The number of nitrogens with two attached hydrogens (primary N) is 1. The Morgan fingerprint density at radius 1 is 1.45 bits per heavy atom. The number of hydrogen-bond acceptors (Lipinski definition) is 6. The Labute approximate surface area is 118 Å². The van der Waals surface area contributed by atoms with Crippen LogP contribution in [-0.2, 0) is 4.74 Å². The molecular weight excluding hydrogens is 258 g/mol. The van der Waals surface area contributed by atoms with E-state index in [0.29, 0.717) is 17.9 Å². The van der Waals surface area contributed by atoms with E-state index in [0.717, 1.165) is 25.7 Å². The lowest BCUT2D eigenvalue weighted by Crippen LogP contribution is -2.41. The Kier molecular flexibility index (Phi) is 4.89. The monoisotopic (exact) mass is 279 g/mol. The van der Waals surface area contributed by atoms with Crippen molar-refractivity contribution < 1.29 is 14.3 Å². The van der Waals surface area contributed by atoms with Crippen molar-refractivity contribution in [2.75, 3.05) is 6.61 Å². The second kappa shape index (κ2) is 6.65. The summed E-state index contributed by atoms with van der Waals surface area (Å²) in [7, 11) is 0. The van der Waals surface area contributed by atoms with Crippen molar-refractivity contribution in [2.24, 2.45) is 5.73 Å². The molecule has 6 heteroatoms. The fourth-order valence-electron chi connectivity index (χ4n) is 2.32. The van der Waals surface area contributed by atoms with E-state index in [4.69, 9.17) is 15.2 Å². The summed E-state index contributed by atoms with van der Waals surface area (Å²) < 4.78 is 10.7. The van der Waals surface area contributed by atoms with Crippen LogP contribution in [0, 0.1) is 6.92 Å². The van der Waals surface area contributed by atoms with Gasteiger partial charge in [-0.05, 0) is 33.1 Å². The van der Waals surface area contributed by atoms with Gasteiger partial charge < -0.3 is 15.2 Å². The molecule has 1 aromatic rings. The van der Waals surface area contributed by atoms with E-state index in [-0.39, 0.29) is 18.2 Å². The molecule has 0 amide bonds. The van der Waals surface area contributed by atoms with Crippen molar-refractivity contribution in [3.63, 3.8) is 0 Å². The van der Waals surface area contributed by atoms with Gasteiger partial charge in [-0.25, -0.2) is 9.78 Å². The molecule has 2 rings (SSSR count). The molecule has 2 unspecified atom stereocenters. The van der Waals surface area contributed by atoms with E-state index in [2.05, 4.69) is 9.97 Å². The Bertz CT molecular complexity index is 479. The van der Waals surface area contributed by atoms with Gasteiger partial charge in [-0.1, -0.05) is 6.42 Å². The van der Waals surface area contributed by atoms with Gasteiger partial charge in [0.2, 0.25) is 0 Å². The van der Waals surface area contributed by atoms with Crippen LogP contribution in [0.15, 0.2) is 6.20 Å². The highest BCUT2D eigenvalue weighted by Gasteiger charge is 2.24. The second-order valence-electron chi connectivity index (χ2n) is 4.98. The van der Waals surface area contributed by atoms with Crippen LogP contribution < -0.4 is 10.5 Å². The summed E-state index contributed by atoms with van der Waals surface area (Å²) >= 11 is 0. The first kappa shape index (κ1) is 14.7. The quantitative estimate of drug-likeness (QED) is 0.842. The molecule has 0 radical (unpaired) electrons. The third kappa shape index (κ3) is 3.45. The lowest BCUT2D eigenvalue weighted by molar-refractivity contribution is 0.0523. The molecule has 1 saturated carbocycles. The molecule has 1 fully saturated rings. The van der Waals surface area contributed by atoms with Crippen molar-refractivity contribution in [1.82, 2.24) is 9.97 Å². The molecule has 0 spiro atoms. The van der Waals surface area contributed by atoms with Crippen LogP contribution in [0.2, 0.25) is 0 Å². The molecule has 0 bridgehead atoms. The number of aryl methyl sites for hydroxylation is 1. The number of hydrogen-bond donors (Lipinski definition) is 1. The predicted molar refractivity (Wildman–Crippen MR) is 73.6 cm³/mol. The first-order valence-electron chi connectivity index (χ1n) is 7.04. The van der Waals surface area contributed by atoms with Gasteiger partial charge in [0.05, 0.1) is 17.9 Å². The van der Waals surface area contributed by atoms with Crippen molar-refractivity contribution in [3.05, 3.63) is 17.5 Å². The van der Waals surface area contributed by atoms with Gasteiger partial charge in [-0.3, -0.25) is 0 Å². The highest BCUT2D eigenvalue weighted by atomic mass is 16.5. The number of carbonyl (C=O) groups is 1. The van der Waals surface area contributed by atoms with E-state index < -0.39 is 5.97 Å². The number of carbonyl (C=O) groups excluding carboxylic acids is 1. The normalized spacial score (nSPS) is 22.4. The maximum absolute atomic E-state index is 11.7. The summed E-state index contributed by atoms with van der Waals surface area (Å²) in [6, 6.07) is 0.301. The van der Waals surface area contributed by atoms with E-state index in [1.165, 1.54) is 6.20 Å². The Morgan fingerprint density at radius 3 is 2.85 bits per heavy atom. The molecule has 1 aromatic heterocycles. The minimum absolute atomic E-state index is 0.0254. The first-order chi connectivity index (χ1) is 9.61. The molecule has 1 aliphatic carbocycles. The van der Waals surface area contributed by atoms with Crippen LogP contribution >= 0.6 is 0 Å². The molecule has 1 heterocycles. The Hall–Kier alpha value is -1.69. The number of rotatable bonds is 4. The predicted octanol–water partition coefficient (Wildman–Crippen LogP) is 1.61. The van der Waals surface area contributed by atoms with E-state index in [9.17, 15) is 4.79 Å². The molecular formula is C14H21N3O3. The summed E-state index contributed by atoms with van der Waals surface area (Å²) in [5, 5.41) is 0. The summed E-state index contributed by atoms with van der Waals surface area (Å²) in [5.41, 5.74) is 6.95. The van der Waals surface area contributed by atoms with Crippen molar-refractivity contribution in [2.45, 2.75) is 51.7 Å². The second-order valence-corrected chi connectivity index (χ2v) is 4.98. The Balaban J connectivity index is 2.06. The number of aromatic nitrogens is 2. The van der Waals surface area contributed by atoms with Gasteiger partial charge in [-0.2, -0.15) is 4.98 Å². The summed E-state index contributed by atoms with van der Waals surface area (Å²) in [6.45, 7) is 3.82. The van der Waals surface area contributed by atoms with Crippen LogP contribution in [0.5, 0.6) is 6.01 Å². The fourth-order valence-corrected chi connectivity index (χ4v) is 2.32. The average Bonchev–Trinajstić information content (AvgIpc) is 2.42. The lowest BCUT2D eigenvalue weighted by atomic mass is 9.93. The SMILES string of the molecule is CCOC(=O)c1cnc(OC2CCCCC2N)nc1C. The molecule has 2 N–H and O–H groups in total. The molecule has 0 aromatic carbocycles. The van der Waals surface area contributed by atoms with Crippen LogP contribution in [0.25, 0.3) is 0 Å². The zero-order valence-electron chi connectivity index (χ0n) is 12.0. The molecule has 0 aliphatic heterocycles. The number of esters is 1. The zero-order valence-corrected chi connectivity index (χ0v) is 12.0. The maximum Gasteiger partial charge on any atom is 0.341 e. The highest BCUT2D eigenvalue weighted by Crippen LogP contribution is 2.21. The molecule has 0 saturated heterocycles. The van der Waals surface area contributed by atoms with Crippen LogP contribution in [-0.4, -0.2) is 34.7 Å². The molecule has 2 atom stereocenters. The third-order valence-electron chi connectivity index (χ3n) is 3.46. The van der Waals surface area contributed by atoms with Gasteiger partial charge in [0.25, 0.3) is 0 Å². The highest BCUT2D eigenvalue weighted by molar-refractivity contribution is 5.90. The van der Waals surface area contributed by atoms with E-state index in [1.54, 1.807) is 13.8 Å². The van der Waals surface area contributed by atoms with Gasteiger partial charge in [0.15, 0.2) is 0 Å². The number of nitrogens with zero attached hydrogens (tertiary/aromatic N) is 2. The van der Waals surface area contributed by atoms with Gasteiger partial charge >= 0.3 is 12.0 Å². The smallest absolute Gasteiger partial charge is 0.341 e. The van der Waals surface area contributed by atoms with Gasteiger partial charge in [-0.15, -0.1) is 0 Å². The molecule has 1 aliphatic rings. The fraction of sp³-hybridized carbons (Fsp3) is 0.643. The van der Waals surface area contributed by atoms with Crippen molar-refractivity contribution in [1.29, 1.82) is 0 Å². The first-order valence-corrected chi connectivity index (χ1v) is 7.04. The van der Waals surface area contributed by atoms with Crippen molar-refractivity contribution >= 4 is 5.97 Å². The Morgan fingerprint density at radius 2 is 2.20 bits per heavy atom. The van der Waals surface area contributed by atoms with Crippen LogP contribution in [0.3, 0.4) is 0 Å².